The molecule has 2 aromatic heterocycles. The zero-order valence-corrected chi connectivity index (χ0v) is 17.2. The molecule has 7 nitrogen and oxygen atoms in total. The second kappa shape index (κ2) is 7.84. The fourth-order valence-electron chi connectivity index (χ4n) is 3.80. The van der Waals surface area contributed by atoms with Gasteiger partial charge in [-0.15, -0.1) is 0 Å². The molecular weight excluding hydrogens is 384 g/mol. The highest BCUT2D eigenvalue weighted by Gasteiger charge is 2.45. The number of amides is 1. The Labute approximate surface area is 174 Å². The lowest BCUT2D eigenvalue weighted by molar-refractivity contribution is -0.129. The van der Waals surface area contributed by atoms with Gasteiger partial charge in [0.05, 0.1) is 5.57 Å². The smallest absolute Gasteiger partial charge is 0.290 e. The van der Waals surface area contributed by atoms with Crippen LogP contribution in [0.4, 0.5) is 0 Å². The third kappa shape index (κ3) is 3.52. The van der Waals surface area contributed by atoms with Crippen LogP contribution >= 0.6 is 0 Å². The van der Waals surface area contributed by atoms with Crippen molar-refractivity contribution in [3.05, 3.63) is 71.1 Å². The molecule has 156 valence electrons. The van der Waals surface area contributed by atoms with Crippen LogP contribution in [0.1, 0.15) is 34.5 Å². The molecule has 0 spiro atoms. The van der Waals surface area contributed by atoms with Gasteiger partial charge in [-0.2, -0.15) is 0 Å². The van der Waals surface area contributed by atoms with Crippen molar-refractivity contribution in [1.29, 1.82) is 0 Å². The second-order valence-corrected chi connectivity index (χ2v) is 7.75. The van der Waals surface area contributed by atoms with Crippen molar-refractivity contribution in [1.82, 2.24) is 9.80 Å². The molecule has 7 heteroatoms. The molecule has 0 aliphatic carbocycles. The second-order valence-electron chi connectivity index (χ2n) is 7.75. The maximum atomic E-state index is 13.4. The van der Waals surface area contributed by atoms with Crippen molar-refractivity contribution in [3.8, 4) is 0 Å². The summed E-state index contributed by atoms with van der Waals surface area (Å²) in [5, 5.41) is 11.4. The minimum absolute atomic E-state index is 0.0155. The number of aryl methyl sites for hydroxylation is 1. The summed E-state index contributed by atoms with van der Waals surface area (Å²) in [6, 6.07) is 11.6. The summed E-state index contributed by atoms with van der Waals surface area (Å²) in [6.45, 7) is 2.94. The zero-order valence-electron chi connectivity index (χ0n) is 17.2. The summed E-state index contributed by atoms with van der Waals surface area (Å²) in [5.41, 5.74) is 0.553. The molecule has 1 aromatic carbocycles. The molecule has 0 saturated carbocycles. The first-order valence-electron chi connectivity index (χ1n) is 9.85. The van der Waals surface area contributed by atoms with Crippen molar-refractivity contribution in [2.75, 3.05) is 27.2 Å². The molecule has 1 N–H and O–H groups in total. The van der Waals surface area contributed by atoms with Gasteiger partial charge in [-0.1, -0.05) is 18.2 Å². The van der Waals surface area contributed by atoms with Crippen LogP contribution in [-0.4, -0.2) is 53.8 Å². The predicted molar refractivity (Wildman–Crippen MR) is 111 cm³/mol. The third-order valence-electron chi connectivity index (χ3n) is 5.23. The zero-order chi connectivity index (χ0) is 21.4. The average molecular weight is 408 g/mol. The molecule has 1 amide bonds. The van der Waals surface area contributed by atoms with E-state index >= 15 is 0 Å². The number of nitrogens with zero attached hydrogens (tertiary/aromatic N) is 2. The molecule has 0 unspecified atom stereocenters. The number of carbonyl (C=O) groups is 2. The van der Waals surface area contributed by atoms with E-state index in [-0.39, 0.29) is 11.3 Å². The monoisotopic (exact) mass is 408 g/mol. The number of hydrogen-bond donors (Lipinski definition) is 1. The standard InChI is InChI=1S/C23H24N2O5/c1-14-9-10-17(29-14)20-19(22(27)23(28)25(20)12-6-11-24(2)3)21(26)18-13-15-7-4-5-8-16(15)30-18/h4-5,7-10,13,20,27H,6,11-12H2,1-3H3/t20-/m0/s1. The summed E-state index contributed by atoms with van der Waals surface area (Å²) in [7, 11) is 3.90. The number of ketones is 1. The molecule has 0 bridgehead atoms. The molecule has 0 saturated heterocycles. The number of rotatable bonds is 7. The van der Waals surface area contributed by atoms with Crippen LogP contribution < -0.4 is 0 Å². The number of hydrogen-bond acceptors (Lipinski definition) is 6. The molecule has 1 aliphatic heterocycles. The quantitative estimate of drug-likeness (QED) is 0.597. The van der Waals surface area contributed by atoms with Crippen LogP contribution in [0, 0.1) is 6.92 Å². The van der Waals surface area contributed by atoms with Gasteiger partial charge < -0.3 is 23.7 Å². The van der Waals surface area contributed by atoms with Gasteiger partial charge in [0.25, 0.3) is 5.91 Å². The molecule has 1 atom stereocenters. The number of carbonyl (C=O) groups excluding carboxylic acids is 2. The molecule has 30 heavy (non-hydrogen) atoms. The fourth-order valence-corrected chi connectivity index (χ4v) is 3.80. The maximum Gasteiger partial charge on any atom is 0.290 e. The van der Waals surface area contributed by atoms with Crippen LogP contribution in [0.3, 0.4) is 0 Å². The molecule has 0 fully saturated rings. The Balaban J connectivity index is 1.73. The number of furan rings is 2. The highest BCUT2D eigenvalue weighted by atomic mass is 16.4. The van der Waals surface area contributed by atoms with Crippen LogP contribution in [0.15, 0.2) is 62.6 Å². The van der Waals surface area contributed by atoms with Crippen LogP contribution in [0.2, 0.25) is 0 Å². The van der Waals surface area contributed by atoms with E-state index in [1.807, 2.05) is 37.2 Å². The number of para-hydroxylation sites is 1. The lowest BCUT2D eigenvalue weighted by Crippen LogP contribution is -2.33. The minimum atomic E-state index is -0.797. The largest absolute Gasteiger partial charge is 0.503 e. The van der Waals surface area contributed by atoms with E-state index in [1.54, 1.807) is 31.2 Å². The fraction of sp³-hybridized carbons (Fsp3) is 0.304. The number of benzene rings is 1. The van der Waals surface area contributed by atoms with Crippen molar-refractivity contribution < 1.29 is 23.5 Å². The van der Waals surface area contributed by atoms with Crippen LogP contribution in [-0.2, 0) is 4.79 Å². The Kier molecular flexibility index (Phi) is 5.22. The Hall–Kier alpha value is -3.32. The SMILES string of the molecule is Cc1ccc([C@H]2C(C(=O)c3cc4ccccc4o3)=C(O)C(=O)N2CCCN(C)C)o1. The summed E-state index contributed by atoms with van der Waals surface area (Å²) in [4.78, 5) is 29.7. The highest BCUT2D eigenvalue weighted by Crippen LogP contribution is 2.40. The normalized spacial score (nSPS) is 17.0. The van der Waals surface area contributed by atoms with E-state index in [0.29, 0.717) is 30.1 Å². The summed E-state index contributed by atoms with van der Waals surface area (Å²) in [6.07, 6.45) is 0.689. The van der Waals surface area contributed by atoms with E-state index in [1.165, 1.54) is 4.90 Å². The maximum absolute atomic E-state index is 13.4. The van der Waals surface area contributed by atoms with Gasteiger partial charge in [-0.3, -0.25) is 9.59 Å². The first kappa shape index (κ1) is 20.0. The topological polar surface area (TPSA) is 87.1 Å². The lowest BCUT2D eigenvalue weighted by Gasteiger charge is -2.25. The number of aliphatic hydroxyl groups is 1. The Morgan fingerprint density at radius 3 is 2.60 bits per heavy atom. The van der Waals surface area contributed by atoms with Gasteiger partial charge in [-0.05, 0) is 58.3 Å². The third-order valence-corrected chi connectivity index (χ3v) is 5.23. The van der Waals surface area contributed by atoms with Crippen molar-refractivity contribution in [2.24, 2.45) is 0 Å². The van der Waals surface area contributed by atoms with Gasteiger partial charge in [0.2, 0.25) is 5.78 Å². The molecule has 1 aliphatic rings. The first-order chi connectivity index (χ1) is 14.4. The summed E-state index contributed by atoms with van der Waals surface area (Å²) in [5.74, 6) is -0.473. The summed E-state index contributed by atoms with van der Waals surface area (Å²) < 4.78 is 11.5. The molecule has 4 rings (SSSR count). The van der Waals surface area contributed by atoms with E-state index in [4.69, 9.17) is 8.83 Å². The van der Waals surface area contributed by atoms with Gasteiger partial charge in [0.15, 0.2) is 11.5 Å². The number of fused-ring (bicyclic) bond motifs is 1. The van der Waals surface area contributed by atoms with Gasteiger partial charge in [0, 0.05) is 11.9 Å². The van der Waals surface area contributed by atoms with Crippen molar-refractivity contribution in [2.45, 2.75) is 19.4 Å². The minimum Gasteiger partial charge on any atom is -0.503 e. The van der Waals surface area contributed by atoms with Crippen molar-refractivity contribution in [3.63, 3.8) is 0 Å². The lowest BCUT2D eigenvalue weighted by atomic mass is 9.99. The molecular formula is C23H24N2O5. The van der Waals surface area contributed by atoms with E-state index in [9.17, 15) is 14.7 Å². The Morgan fingerprint density at radius 2 is 1.93 bits per heavy atom. The molecule has 3 aromatic rings. The summed E-state index contributed by atoms with van der Waals surface area (Å²) >= 11 is 0. The van der Waals surface area contributed by atoms with Crippen molar-refractivity contribution >= 4 is 22.7 Å². The predicted octanol–water partition coefficient (Wildman–Crippen LogP) is 3.86. The van der Waals surface area contributed by atoms with E-state index in [0.717, 1.165) is 11.9 Å². The van der Waals surface area contributed by atoms with E-state index in [2.05, 4.69) is 0 Å². The average Bonchev–Trinajstić information content (AvgIpc) is 3.39. The highest BCUT2D eigenvalue weighted by molar-refractivity contribution is 6.15. The van der Waals surface area contributed by atoms with E-state index < -0.39 is 23.5 Å². The van der Waals surface area contributed by atoms with Gasteiger partial charge in [0.1, 0.15) is 23.1 Å². The number of Topliss-reactive ketones (excluding diaryl/α,β-unsaturated/α-hetero) is 1. The van der Waals surface area contributed by atoms with Gasteiger partial charge in [-0.25, -0.2) is 0 Å². The first-order valence-corrected chi connectivity index (χ1v) is 9.85. The van der Waals surface area contributed by atoms with Crippen LogP contribution in [0.5, 0.6) is 0 Å². The number of aliphatic hydroxyl groups excluding tert-OH is 1. The Morgan fingerprint density at radius 1 is 1.17 bits per heavy atom. The van der Waals surface area contributed by atoms with Gasteiger partial charge >= 0.3 is 0 Å². The Bertz CT molecular complexity index is 1100. The van der Waals surface area contributed by atoms with Crippen LogP contribution in [0.25, 0.3) is 11.0 Å². The molecule has 0 radical (unpaired) electrons. The molecule has 3 heterocycles.